The standard InChI is InChI=1S/C32H37F6N5O3/c33-31(34,35)24-17-20(18-25(28(24)39)32(36,37)38)16-22(29(45)42-11-4-1-5-12-42)19-27(44)41-13-9-23(10-14-41)43-15-8-21-6-2-3-7-26(21)40-30(43)46/h2-3,6-7,17-18,22-23H,1,4-5,8-16,19,39H2,(H,40,46)/t22-/m0/s1. The lowest BCUT2D eigenvalue weighted by atomic mass is 9.90. The number of amides is 4. The predicted octanol–water partition coefficient (Wildman–Crippen LogP) is 5.95. The molecule has 14 heteroatoms. The van der Waals surface area contributed by atoms with Crippen LogP contribution in [0.15, 0.2) is 36.4 Å². The minimum atomic E-state index is -5.15. The molecule has 2 aromatic carbocycles. The Morgan fingerprint density at radius 2 is 1.48 bits per heavy atom. The SMILES string of the molecule is Nc1c(C(F)(F)F)cc(C[C@@H](CC(=O)N2CCC(N3CCc4ccccc4NC3=O)CC2)C(=O)N2CCCCC2)cc1C(F)(F)F. The van der Waals surface area contributed by atoms with Crippen LogP contribution in [0.5, 0.6) is 0 Å². The third kappa shape index (κ3) is 7.52. The minimum Gasteiger partial charge on any atom is -0.398 e. The van der Waals surface area contributed by atoms with Crippen LogP contribution in [0.4, 0.5) is 42.5 Å². The van der Waals surface area contributed by atoms with Gasteiger partial charge in [-0.3, -0.25) is 9.59 Å². The molecule has 0 unspecified atom stereocenters. The maximum Gasteiger partial charge on any atom is 0.418 e. The number of nitrogen functional groups attached to an aromatic ring is 1. The van der Waals surface area contributed by atoms with E-state index < -0.39 is 53.3 Å². The Morgan fingerprint density at radius 1 is 0.870 bits per heavy atom. The van der Waals surface area contributed by atoms with E-state index in [1.54, 1.807) is 9.80 Å². The van der Waals surface area contributed by atoms with Gasteiger partial charge in [0.15, 0.2) is 0 Å². The quantitative estimate of drug-likeness (QED) is 0.298. The summed E-state index contributed by atoms with van der Waals surface area (Å²) in [6.45, 7) is 1.90. The number of anilines is 2. The van der Waals surface area contributed by atoms with Crippen molar-refractivity contribution in [2.75, 3.05) is 43.8 Å². The highest BCUT2D eigenvalue weighted by Crippen LogP contribution is 2.42. The second-order valence-electron chi connectivity index (χ2n) is 12.2. The molecule has 3 heterocycles. The molecule has 3 aliphatic heterocycles. The maximum atomic E-state index is 13.7. The number of likely N-dealkylation sites (tertiary alicyclic amines) is 2. The van der Waals surface area contributed by atoms with Gasteiger partial charge in [-0.1, -0.05) is 18.2 Å². The Labute approximate surface area is 262 Å². The summed E-state index contributed by atoms with van der Waals surface area (Å²) >= 11 is 0. The summed E-state index contributed by atoms with van der Waals surface area (Å²) in [7, 11) is 0. The molecular formula is C32H37F6N5O3. The maximum absolute atomic E-state index is 13.7. The molecule has 0 saturated carbocycles. The van der Waals surface area contributed by atoms with E-state index in [0.717, 1.165) is 17.7 Å². The first-order chi connectivity index (χ1) is 21.7. The van der Waals surface area contributed by atoms with Gasteiger partial charge < -0.3 is 25.8 Å². The molecule has 3 aliphatic rings. The number of carbonyl (C=O) groups excluding carboxylic acids is 3. The molecule has 0 bridgehead atoms. The van der Waals surface area contributed by atoms with Crippen LogP contribution >= 0.6 is 0 Å². The van der Waals surface area contributed by atoms with E-state index in [4.69, 9.17) is 5.73 Å². The Balaban J connectivity index is 1.30. The van der Waals surface area contributed by atoms with E-state index >= 15 is 0 Å². The van der Waals surface area contributed by atoms with Crippen LogP contribution in [0.25, 0.3) is 0 Å². The van der Waals surface area contributed by atoms with Crippen molar-refractivity contribution in [1.29, 1.82) is 0 Å². The topological polar surface area (TPSA) is 99.0 Å². The van der Waals surface area contributed by atoms with Gasteiger partial charge in [0.2, 0.25) is 11.8 Å². The third-order valence-corrected chi connectivity index (χ3v) is 9.17. The van der Waals surface area contributed by atoms with Gasteiger partial charge >= 0.3 is 18.4 Å². The van der Waals surface area contributed by atoms with Crippen molar-refractivity contribution in [1.82, 2.24) is 14.7 Å². The van der Waals surface area contributed by atoms with E-state index in [1.807, 2.05) is 24.3 Å². The van der Waals surface area contributed by atoms with Gasteiger partial charge in [-0.05, 0) is 74.3 Å². The second-order valence-corrected chi connectivity index (χ2v) is 12.2. The molecule has 0 radical (unpaired) electrons. The summed E-state index contributed by atoms with van der Waals surface area (Å²) < 4.78 is 82.2. The molecule has 1 atom stereocenters. The second kappa shape index (κ2) is 13.4. The summed E-state index contributed by atoms with van der Waals surface area (Å²) in [6, 6.07) is 8.30. The fourth-order valence-electron chi connectivity index (χ4n) is 6.71. The fraction of sp³-hybridized carbons (Fsp3) is 0.531. The van der Waals surface area contributed by atoms with Gasteiger partial charge in [0.1, 0.15) is 0 Å². The number of alkyl halides is 6. The van der Waals surface area contributed by atoms with Gasteiger partial charge in [-0.25, -0.2) is 4.79 Å². The first-order valence-corrected chi connectivity index (χ1v) is 15.5. The lowest BCUT2D eigenvalue weighted by Crippen LogP contribution is -2.50. The molecule has 250 valence electrons. The van der Waals surface area contributed by atoms with Gasteiger partial charge in [-0.2, -0.15) is 26.3 Å². The van der Waals surface area contributed by atoms with Gasteiger partial charge in [-0.15, -0.1) is 0 Å². The summed E-state index contributed by atoms with van der Waals surface area (Å²) in [5.41, 5.74) is 2.04. The number of hydrogen-bond donors (Lipinski definition) is 2. The van der Waals surface area contributed by atoms with Gasteiger partial charge in [0, 0.05) is 50.9 Å². The zero-order valence-electron chi connectivity index (χ0n) is 25.2. The highest BCUT2D eigenvalue weighted by Gasteiger charge is 2.41. The lowest BCUT2D eigenvalue weighted by Gasteiger charge is -2.38. The molecule has 2 fully saturated rings. The summed E-state index contributed by atoms with van der Waals surface area (Å²) in [5, 5.41) is 2.94. The van der Waals surface area contributed by atoms with Crippen molar-refractivity contribution in [3.8, 4) is 0 Å². The number of nitrogens with two attached hydrogens (primary N) is 1. The molecule has 46 heavy (non-hydrogen) atoms. The number of benzene rings is 2. The molecular weight excluding hydrogens is 616 g/mol. The Hall–Kier alpha value is -3.97. The number of halogens is 6. The Bertz CT molecular complexity index is 1410. The number of para-hydroxylation sites is 1. The van der Waals surface area contributed by atoms with Crippen LogP contribution in [0.1, 0.15) is 60.8 Å². The smallest absolute Gasteiger partial charge is 0.398 e. The number of rotatable bonds is 6. The van der Waals surface area contributed by atoms with E-state index in [-0.39, 0.29) is 24.1 Å². The fourth-order valence-corrected chi connectivity index (χ4v) is 6.71. The highest BCUT2D eigenvalue weighted by molar-refractivity contribution is 5.91. The molecule has 8 nitrogen and oxygen atoms in total. The van der Waals surface area contributed by atoms with Crippen LogP contribution < -0.4 is 11.1 Å². The van der Waals surface area contributed by atoms with Gasteiger partial charge in [0.25, 0.3) is 0 Å². The molecule has 2 aromatic rings. The zero-order chi connectivity index (χ0) is 33.2. The summed E-state index contributed by atoms with van der Waals surface area (Å²) in [6.07, 6.45) is -7.19. The van der Waals surface area contributed by atoms with Crippen molar-refractivity contribution in [2.45, 2.75) is 69.8 Å². The van der Waals surface area contributed by atoms with E-state index in [9.17, 15) is 40.7 Å². The van der Waals surface area contributed by atoms with E-state index in [2.05, 4.69) is 5.32 Å². The van der Waals surface area contributed by atoms with Crippen molar-refractivity contribution < 1.29 is 40.7 Å². The molecule has 2 saturated heterocycles. The number of hydrogen-bond acceptors (Lipinski definition) is 4. The number of piperidine rings is 2. The van der Waals surface area contributed by atoms with Crippen LogP contribution in [-0.4, -0.2) is 71.3 Å². The molecule has 0 spiro atoms. The third-order valence-electron chi connectivity index (χ3n) is 9.17. The summed E-state index contributed by atoms with van der Waals surface area (Å²) in [5.74, 6) is -2.05. The molecule has 5 rings (SSSR count). The van der Waals surface area contributed by atoms with Crippen molar-refractivity contribution in [2.24, 2.45) is 5.92 Å². The number of urea groups is 1. The van der Waals surface area contributed by atoms with Crippen LogP contribution in [-0.2, 0) is 34.8 Å². The number of nitrogens with one attached hydrogen (secondary N) is 1. The van der Waals surface area contributed by atoms with Crippen LogP contribution in [0, 0.1) is 5.92 Å². The molecule has 0 aromatic heterocycles. The number of carbonyl (C=O) groups is 3. The predicted molar refractivity (Wildman–Crippen MR) is 159 cm³/mol. The van der Waals surface area contributed by atoms with E-state index in [0.29, 0.717) is 77.0 Å². The van der Waals surface area contributed by atoms with E-state index in [1.165, 1.54) is 4.90 Å². The average Bonchev–Trinajstić information content (AvgIpc) is 3.18. The zero-order valence-corrected chi connectivity index (χ0v) is 25.2. The van der Waals surface area contributed by atoms with Crippen molar-refractivity contribution >= 4 is 29.2 Å². The van der Waals surface area contributed by atoms with Crippen LogP contribution in [0.3, 0.4) is 0 Å². The van der Waals surface area contributed by atoms with Gasteiger partial charge in [0.05, 0.1) is 22.7 Å². The Kier molecular flexibility index (Phi) is 9.73. The monoisotopic (exact) mass is 653 g/mol. The van der Waals surface area contributed by atoms with Crippen molar-refractivity contribution in [3.05, 3.63) is 58.7 Å². The van der Waals surface area contributed by atoms with Crippen molar-refractivity contribution in [3.63, 3.8) is 0 Å². The minimum absolute atomic E-state index is 0.125. The first-order valence-electron chi connectivity index (χ1n) is 15.5. The Morgan fingerprint density at radius 3 is 2.09 bits per heavy atom. The largest absolute Gasteiger partial charge is 0.418 e. The summed E-state index contributed by atoms with van der Waals surface area (Å²) in [4.78, 5) is 45.0. The highest BCUT2D eigenvalue weighted by atomic mass is 19.4. The molecule has 3 N–H and O–H groups in total. The molecule has 4 amide bonds. The normalized spacial score (nSPS) is 18.9. The molecule has 0 aliphatic carbocycles. The van der Waals surface area contributed by atoms with Crippen LogP contribution in [0.2, 0.25) is 0 Å². The lowest BCUT2D eigenvalue weighted by molar-refractivity contribution is -0.143. The number of fused-ring (bicyclic) bond motifs is 1. The number of nitrogens with zero attached hydrogens (tertiary/aromatic N) is 3. The first kappa shape index (κ1) is 33.4. The average molecular weight is 654 g/mol.